The van der Waals surface area contributed by atoms with Gasteiger partial charge in [0, 0.05) is 26.0 Å². The standard InChI is InChI=1S/C11H10N2S/c1-6-5-9-10(14-6)4-3-8-7(2)12-13-11(8)9/h3-5H,1-2H3,(H,12,13). The highest BCUT2D eigenvalue weighted by Crippen LogP contribution is 2.31. The third-order valence-corrected chi connectivity index (χ3v) is 3.55. The van der Waals surface area contributed by atoms with Crippen molar-refractivity contribution >= 4 is 32.3 Å². The van der Waals surface area contributed by atoms with E-state index in [1.807, 2.05) is 11.3 Å². The van der Waals surface area contributed by atoms with E-state index in [1.165, 1.54) is 20.3 Å². The minimum atomic E-state index is 1.10. The van der Waals surface area contributed by atoms with Gasteiger partial charge in [-0.3, -0.25) is 5.10 Å². The SMILES string of the molecule is Cc1cc2c(ccc3c(C)[nH]nc32)s1. The molecule has 0 saturated carbocycles. The Kier molecular flexibility index (Phi) is 1.47. The maximum Gasteiger partial charge on any atom is 0.101 e. The lowest BCUT2D eigenvalue weighted by atomic mass is 10.1. The quantitative estimate of drug-likeness (QED) is 0.594. The Hall–Kier alpha value is -1.35. The summed E-state index contributed by atoms with van der Waals surface area (Å²) in [6, 6.07) is 6.53. The second kappa shape index (κ2) is 2.58. The van der Waals surface area contributed by atoms with Crippen LogP contribution in [0.1, 0.15) is 10.6 Å². The summed E-state index contributed by atoms with van der Waals surface area (Å²) in [6.45, 7) is 4.19. The summed E-state index contributed by atoms with van der Waals surface area (Å²) >= 11 is 1.82. The van der Waals surface area contributed by atoms with Gasteiger partial charge >= 0.3 is 0 Å². The Morgan fingerprint density at radius 2 is 2.07 bits per heavy atom. The molecule has 3 aromatic rings. The number of hydrogen-bond acceptors (Lipinski definition) is 2. The highest BCUT2D eigenvalue weighted by Gasteiger charge is 2.07. The van der Waals surface area contributed by atoms with E-state index < -0.39 is 0 Å². The lowest BCUT2D eigenvalue weighted by Gasteiger charge is -1.90. The van der Waals surface area contributed by atoms with Crippen LogP contribution < -0.4 is 0 Å². The Morgan fingerprint density at radius 3 is 2.93 bits per heavy atom. The number of thiophene rings is 1. The third-order valence-electron chi connectivity index (χ3n) is 2.54. The van der Waals surface area contributed by atoms with Crippen molar-refractivity contribution in [1.82, 2.24) is 10.2 Å². The molecule has 3 rings (SSSR count). The van der Waals surface area contributed by atoms with E-state index in [1.54, 1.807) is 0 Å². The fourth-order valence-corrected chi connectivity index (χ4v) is 2.77. The van der Waals surface area contributed by atoms with Crippen LogP contribution in [-0.2, 0) is 0 Å². The molecular formula is C11H10N2S. The zero-order valence-corrected chi connectivity index (χ0v) is 8.90. The zero-order chi connectivity index (χ0) is 9.71. The lowest BCUT2D eigenvalue weighted by Crippen LogP contribution is -1.69. The van der Waals surface area contributed by atoms with E-state index in [4.69, 9.17) is 0 Å². The van der Waals surface area contributed by atoms with Crippen LogP contribution in [0.5, 0.6) is 0 Å². The first kappa shape index (κ1) is 8.00. The lowest BCUT2D eigenvalue weighted by molar-refractivity contribution is 1.07. The molecule has 0 saturated heterocycles. The molecule has 1 N–H and O–H groups in total. The molecule has 0 aliphatic heterocycles. The van der Waals surface area contributed by atoms with E-state index in [0.29, 0.717) is 0 Å². The molecule has 0 radical (unpaired) electrons. The van der Waals surface area contributed by atoms with Crippen molar-refractivity contribution in [3.63, 3.8) is 0 Å². The largest absolute Gasteiger partial charge is 0.282 e. The average molecular weight is 202 g/mol. The average Bonchev–Trinajstić information content (AvgIpc) is 2.68. The first-order chi connectivity index (χ1) is 6.75. The summed E-state index contributed by atoms with van der Waals surface area (Å²) in [5.41, 5.74) is 2.25. The molecule has 0 aliphatic rings. The van der Waals surface area contributed by atoms with E-state index in [9.17, 15) is 0 Å². The van der Waals surface area contributed by atoms with Gasteiger partial charge in [0.1, 0.15) is 5.52 Å². The number of nitrogens with zero attached hydrogens (tertiary/aromatic N) is 1. The number of aromatic nitrogens is 2. The zero-order valence-electron chi connectivity index (χ0n) is 8.09. The predicted molar refractivity (Wildman–Crippen MR) is 61.0 cm³/mol. The highest BCUT2D eigenvalue weighted by atomic mass is 32.1. The van der Waals surface area contributed by atoms with Gasteiger partial charge in [-0.1, -0.05) is 0 Å². The van der Waals surface area contributed by atoms with Crippen LogP contribution in [0.15, 0.2) is 18.2 Å². The smallest absolute Gasteiger partial charge is 0.101 e. The van der Waals surface area contributed by atoms with Crippen molar-refractivity contribution in [2.24, 2.45) is 0 Å². The van der Waals surface area contributed by atoms with E-state index in [-0.39, 0.29) is 0 Å². The van der Waals surface area contributed by atoms with Gasteiger partial charge in [0.25, 0.3) is 0 Å². The Morgan fingerprint density at radius 1 is 1.21 bits per heavy atom. The number of nitrogens with one attached hydrogen (secondary N) is 1. The number of fused-ring (bicyclic) bond motifs is 3. The molecule has 1 aromatic carbocycles. The van der Waals surface area contributed by atoms with Crippen LogP contribution in [0.4, 0.5) is 0 Å². The van der Waals surface area contributed by atoms with Crippen molar-refractivity contribution in [3.8, 4) is 0 Å². The predicted octanol–water partition coefficient (Wildman–Crippen LogP) is 3.39. The van der Waals surface area contributed by atoms with Crippen molar-refractivity contribution in [1.29, 1.82) is 0 Å². The molecule has 0 unspecified atom stereocenters. The Balaban J connectivity index is 2.60. The summed E-state index contributed by atoms with van der Waals surface area (Å²) in [4.78, 5) is 1.34. The molecular weight excluding hydrogens is 192 g/mol. The first-order valence-corrected chi connectivity index (χ1v) is 5.41. The third kappa shape index (κ3) is 0.930. The van der Waals surface area contributed by atoms with Crippen molar-refractivity contribution in [2.75, 3.05) is 0 Å². The maximum atomic E-state index is 4.34. The summed E-state index contributed by atoms with van der Waals surface area (Å²) in [6.07, 6.45) is 0. The van der Waals surface area contributed by atoms with Gasteiger partial charge < -0.3 is 0 Å². The fourth-order valence-electron chi connectivity index (χ4n) is 1.85. The van der Waals surface area contributed by atoms with E-state index >= 15 is 0 Å². The minimum absolute atomic E-state index is 1.10. The molecule has 0 aliphatic carbocycles. The monoisotopic (exact) mass is 202 g/mol. The molecule has 0 fully saturated rings. The van der Waals surface area contributed by atoms with Crippen LogP contribution >= 0.6 is 11.3 Å². The van der Waals surface area contributed by atoms with Gasteiger partial charge in [-0.25, -0.2) is 0 Å². The van der Waals surface area contributed by atoms with Crippen molar-refractivity contribution in [2.45, 2.75) is 13.8 Å². The number of H-pyrrole nitrogens is 1. The van der Waals surface area contributed by atoms with Gasteiger partial charge in [-0.15, -0.1) is 11.3 Å². The summed E-state index contributed by atoms with van der Waals surface area (Å²) in [5.74, 6) is 0. The van der Waals surface area contributed by atoms with Gasteiger partial charge in [-0.2, -0.15) is 5.10 Å². The van der Waals surface area contributed by atoms with Crippen LogP contribution in [0.25, 0.3) is 21.0 Å². The molecule has 2 nitrogen and oxygen atoms in total. The molecule has 3 heteroatoms. The maximum absolute atomic E-state index is 4.34. The van der Waals surface area contributed by atoms with Crippen LogP contribution in [0.2, 0.25) is 0 Å². The number of hydrogen-bond donors (Lipinski definition) is 1. The number of rotatable bonds is 0. The number of aromatic amines is 1. The molecule has 0 spiro atoms. The van der Waals surface area contributed by atoms with Gasteiger partial charge in [0.2, 0.25) is 0 Å². The van der Waals surface area contributed by atoms with Crippen molar-refractivity contribution in [3.05, 3.63) is 28.8 Å². The minimum Gasteiger partial charge on any atom is -0.282 e. The Bertz CT molecular complexity index is 619. The fraction of sp³-hybridized carbons (Fsp3) is 0.182. The first-order valence-electron chi connectivity index (χ1n) is 4.59. The molecule has 70 valence electrons. The number of aryl methyl sites for hydroxylation is 2. The van der Waals surface area contributed by atoms with Crippen LogP contribution in [0.3, 0.4) is 0 Å². The van der Waals surface area contributed by atoms with Crippen molar-refractivity contribution < 1.29 is 0 Å². The molecule has 14 heavy (non-hydrogen) atoms. The molecule has 0 amide bonds. The molecule has 0 atom stereocenters. The van der Waals surface area contributed by atoms with Gasteiger partial charge in [0.15, 0.2) is 0 Å². The second-order valence-corrected chi connectivity index (χ2v) is 4.87. The summed E-state index contributed by atoms with van der Waals surface area (Å²) in [7, 11) is 0. The molecule has 2 aromatic heterocycles. The van der Waals surface area contributed by atoms with Gasteiger partial charge in [-0.05, 0) is 32.0 Å². The topological polar surface area (TPSA) is 28.7 Å². The van der Waals surface area contributed by atoms with Crippen LogP contribution in [0, 0.1) is 13.8 Å². The molecule has 0 bridgehead atoms. The van der Waals surface area contributed by atoms with Gasteiger partial charge in [0.05, 0.1) is 0 Å². The summed E-state index contributed by atoms with van der Waals surface area (Å²) in [5, 5.41) is 9.88. The normalized spacial score (nSPS) is 11.6. The van der Waals surface area contributed by atoms with Crippen LogP contribution in [-0.4, -0.2) is 10.2 Å². The van der Waals surface area contributed by atoms with E-state index in [2.05, 4.69) is 42.2 Å². The Labute approximate surface area is 85.6 Å². The number of benzene rings is 1. The highest BCUT2D eigenvalue weighted by molar-refractivity contribution is 7.19. The second-order valence-electron chi connectivity index (χ2n) is 3.58. The summed E-state index contributed by atoms with van der Waals surface area (Å²) < 4.78 is 1.32. The molecule has 2 heterocycles. The van der Waals surface area contributed by atoms with E-state index in [0.717, 1.165) is 11.2 Å².